The van der Waals surface area contributed by atoms with E-state index >= 15 is 0 Å². The molecule has 2 nitrogen and oxygen atoms in total. The van der Waals surface area contributed by atoms with E-state index in [0.717, 1.165) is 24.0 Å². The topological polar surface area (TPSA) is 24.9 Å². The highest BCUT2D eigenvalue weighted by molar-refractivity contribution is 9.10. The molecule has 104 valence electrons. The lowest BCUT2D eigenvalue weighted by Crippen LogP contribution is -2.07. The summed E-state index contributed by atoms with van der Waals surface area (Å²) in [4.78, 5) is 4.52. The lowest BCUT2D eigenvalue weighted by molar-refractivity contribution is 0.761. The number of nitrogens with one attached hydrogen (secondary N) is 1. The molecule has 0 spiro atoms. The summed E-state index contributed by atoms with van der Waals surface area (Å²) in [5.74, 6) is 0. The summed E-state index contributed by atoms with van der Waals surface area (Å²) in [6, 6.07) is 17.2. The molecule has 0 amide bonds. The van der Waals surface area contributed by atoms with Crippen molar-refractivity contribution in [3.8, 4) is 0 Å². The molecule has 0 bridgehead atoms. The predicted octanol–water partition coefficient (Wildman–Crippen LogP) is 5.10. The predicted molar refractivity (Wildman–Crippen MR) is 90.6 cm³/mol. The lowest BCUT2D eigenvalue weighted by Gasteiger charge is -2.16. The number of fused-ring (bicyclic) bond motifs is 2. The van der Waals surface area contributed by atoms with E-state index < -0.39 is 0 Å². The molecule has 0 radical (unpaired) electrons. The monoisotopic (exact) mass is 338 g/mol. The maximum Gasteiger partial charge on any atom is 0.0703 e. The Morgan fingerprint density at radius 2 is 2.00 bits per heavy atom. The van der Waals surface area contributed by atoms with Gasteiger partial charge in [0.15, 0.2) is 0 Å². The number of benzene rings is 2. The van der Waals surface area contributed by atoms with Gasteiger partial charge in [0, 0.05) is 9.86 Å². The SMILES string of the molecule is Brc1cccc2c1CCC2Nc1cnc2ccccc2c1. The zero-order valence-corrected chi connectivity index (χ0v) is 13.1. The summed E-state index contributed by atoms with van der Waals surface area (Å²) in [7, 11) is 0. The van der Waals surface area contributed by atoms with E-state index in [9.17, 15) is 0 Å². The molecule has 0 fully saturated rings. The van der Waals surface area contributed by atoms with Crippen LogP contribution in [0.25, 0.3) is 10.9 Å². The Morgan fingerprint density at radius 3 is 2.95 bits per heavy atom. The van der Waals surface area contributed by atoms with Crippen LogP contribution in [0, 0.1) is 0 Å². The van der Waals surface area contributed by atoms with Gasteiger partial charge < -0.3 is 5.32 Å². The van der Waals surface area contributed by atoms with Gasteiger partial charge >= 0.3 is 0 Å². The molecule has 3 aromatic rings. The summed E-state index contributed by atoms with van der Waals surface area (Å²) in [6.07, 6.45) is 4.18. The Balaban J connectivity index is 1.66. The van der Waals surface area contributed by atoms with Crippen molar-refractivity contribution in [2.24, 2.45) is 0 Å². The lowest BCUT2D eigenvalue weighted by atomic mass is 10.1. The van der Waals surface area contributed by atoms with Gasteiger partial charge in [0.05, 0.1) is 23.4 Å². The van der Waals surface area contributed by atoms with Crippen LogP contribution in [-0.2, 0) is 6.42 Å². The number of pyridine rings is 1. The molecule has 1 aliphatic rings. The molecule has 0 saturated heterocycles. The third-order valence-corrected chi connectivity index (χ3v) is 4.89. The zero-order chi connectivity index (χ0) is 14.2. The fourth-order valence-electron chi connectivity index (χ4n) is 3.11. The van der Waals surface area contributed by atoms with E-state index in [4.69, 9.17) is 0 Å². The Bertz CT molecular complexity index is 813. The van der Waals surface area contributed by atoms with Crippen LogP contribution in [0.4, 0.5) is 5.69 Å². The van der Waals surface area contributed by atoms with Crippen molar-refractivity contribution in [1.29, 1.82) is 0 Å². The second kappa shape index (κ2) is 5.15. The Labute approximate surface area is 132 Å². The van der Waals surface area contributed by atoms with Gasteiger partial charge in [0.2, 0.25) is 0 Å². The van der Waals surface area contributed by atoms with Crippen LogP contribution in [0.5, 0.6) is 0 Å². The van der Waals surface area contributed by atoms with Crippen LogP contribution in [-0.4, -0.2) is 4.98 Å². The van der Waals surface area contributed by atoms with Crippen LogP contribution in [0.3, 0.4) is 0 Å². The van der Waals surface area contributed by atoms with Gasteiger partial charge in [-0.05, 0) is 42.2 Å². The molecule has 1 unspecified atom stereocenters. The molecule has 4 rings (SSSR count). The Hall–Kier alpha value is -1.87. The molecular weight excluding hydrogens is 324 g/mol. The number of para-hydroxylation sites is 1. The quantitative estimate of drug-likeness (QED) is 0.703. The minimum absolute atomic E-state index is 0.375. The molecule has 1 atom stereocenters. The van der Waals surface area contributed by atoms with Crippen LogP contribution in [0.1, 0.15) is 23.6 Å². The summed E-state index contributed by atoms with van der Waals surface area (Å²) in [6.45, 7) is 0. The first-order valence-electron chi connectivity index (χ1n) is 7.20. The van der Waals surface area contributed by atoms with E-state index in [2.05, 4.69) is 62.6 Å². The summed E-state index contributed by atoms with van der Waals surface area (Å²) in [5.41, 5.74) is 4.96. The highest BCUT2D eigenvalue weighted by Crippen LogP contribution is 2.37. The fraction of sp³-hybridized carbons (Fsp3) is 0.167. The smallest absolute Gasteiger partial charge is 0.0703 e. The Kier molecular flexibility index (Phi) is 3.15. The van der Waals surface area contributed by atoms with E-state index in [-0.39, 0.29) is 0 Å². The van der Waals surface area contributed by atoms with Gasteiger partial charge in [-0.1, -0.05) is 46.3 Å². The Morgan fingerprint density at radius 1 is 1.10 bits per heavy atom. The highest BCUT2D eigenvalue weighted by Gasteiger charge is 2.23. The van der Waals surface area contributed by atoms with E-state index in [1.165, 1.54) is 21.0 Å². The number of hydrogen-bond donors (Lipinski definition) is 1. The number of hydrogen-bond acceptors (Lipinski definition) is 2. The molecule has 3 heteroatoms. The summed E-state index contributed by atoms with van der Waals surface area (Å²) in [5, 5.41) is 4.81. The molecule has 0 aliphatic heterocycles. The van der Waals surface area contributed by atoms with E-state index in [1.807, 2.05) is 18.3 Å². The van der Waals surface area contributed by atoms with Crippen LogP contribution in [0.15, 0.2) is 59.2 Å². The van der Waals surface area contributed by atoms with Gasteiger partial charge in [-0.15, -0.1) is 0 Å². The molecule has 0 saturated carbocycles. The number of halogens is 1. The average Bonchev–Trinajstić information content (AvgIpc) is 2.92. The summed E-state index contributed by atoms with van der Waals surface area (Å²) >= 11 is 3.65. The van der Waals surface area contributed by atoms with Crippen molar-refractivity contribution in [2.75, 3.05) is 5.32 Å². The van der Waals surface area contributed by atoms with Gasteiger partial charge in [0.1, 0.15) is 0 Å². The third-order valence-electron chi connectivity index (χ3n) is 4.14. The van der Waals surface area contributed by atoms with Crippen molar-refractivity contribution in [2.45, 2.75) is 18.9 Å². The number of aromatic nitrogens is 1. The van der Waals surface area contributed by atoms with Crippen molar-refractivity contribution in [3.05, 3.63) is 70.3 Å². The van der Waals surface area contributed by atoms with Crippen LogP contribution >= 0.6 is 15.9 Å². The van der Waals surface area contributed by atoms with Crippen LogP contribution < -0.4 is 5.32 Å². The molecule has 1 aromatic heterocycles. The second-order valence-corrected chi connectivity index (χ2v) is 6.31. The van der Waals surface area contributed by atoms with Gasteiger partial charge in [-0.25, -0.2) is 0 Å². The summed E-state index contributed by atoms with van der Waals surface area (Å²) < 4.78 is 1.22. The van der Waals surface area contributed by atoms with Gasteiger partial charge in [-0.3, -0.25) is 4.98 Å². The zero-order valence-electron chi connectivity index (χ0n) is 11.5. The highest BCUT2D eigenvalue weighted by atomic mass is 79.9. The number of rotatable bonds is 2. The standard InChI is InChI=1S/C18H15BrN2/c19-16-6-3-5-15-14(16)8-9-18(15)21-13-10-12-4-1-2-7-17(12)20-11-13/h1-7,10-11,18,21H,8-9H2. The molecule has 2 aromatic carbocycles. The van der Waals surface area contributed by atoms with E-state index in [1.54, 1.807) is 0 Å². The van der Waals surface area contributed by atoms with Crippen molar-refractivity contribution in [1.82, 2.24) is 4.98 Å². The maximum absolute atomic E-state index is 4.52. The molecule has 1 heterocycles. The molecule has 21 heavy (non-hydrogen) atoms. The van der Waals surface area contributed by atoms with Crippen LogP contribution in [0.2, 0.25) is 0 Å². The van der Waals surface area contributed by atoms with Crippen molar-refractivity contribution >= 4 is 32.5 Å². The fourth-order valence-corrected chi connectivity index (χ4v) is 3.69. The average molecular weight is 339 g/mol. The first kappa shape index (κ1) is 12.8. The van der Waals surface area contributed by atoms with Gasteiger partial charge in [0.25, 0.3) is 0 Å². The second-order valence-electron chi connectivity index (χ2n) is 5.46. The molecule has 1 aliphatic carbocycles. The molecular formula is C18H15BrN2. The largest absolute Gasteiger partial charge is 0.377 e. The number of nitrogens with zero attached hydrogens (tertiary/aromatic N) is 1. The first-order chi connectivity index (χ1) is 10.3. The normalized spacial score (nSPS) is 16.9. The van der Waals surface area contributed by atoms with Gasteiger partial charge in [-0.2, -0.15) is 0 Å². The third kappa shape index (κ3) is 2.32. The minimum atomic E-state index is 0.375. The maximum atomic E-state index is 4.52. The van der Waals surface area contributed by atoms with Crippen molar-refractivity contribution in [3.63, 3.8) is 0 Å². The van der Waals surface area contributed by atoms with E-state index in [0.29, 0.717) is 6.04 Å². The number of anilines is 1. The molecule has 1 N–H and O–H groups in total. The first-order valence-corrected chi connectivity index (χ1v) is 7.99. The van der Waals surface area contributed by atoms with Crippen molar-refractivity contribution < 1.29 is 0 Å². The minimum Gasteiger partial charge on any atom is -0.377 e.